The summed E-state index contributed by atoms with van der Waals surface area (Å²) in [6.45, 7) is 0.0192. The summed E-state index contributed by atoms with van der Waals surface area (Å²) < 4.78 is 81.9. The predicted octanol–water partition coefficient (Wildman–Crippen LogP) is 4.29. The molecule has 0 saturated carbocycles. The van der Waals surface area contributed by atoms with Crippen LogP contribution >= 0.6 is 0 Å². The third-order valence-electron chi connectivity index (χ3n) is 5.39. The third-order valence-corrected chi connectivity index (χ3v) is 5.39. The highest BCUT2D eigenvalue weighted by atomic mass is 19.4. The number of anilines is 1. The average Bonchev–Trinajstić information content (AvgIpc) is 3.25. The lowest BCUT2D eigenvalue weighted by Crippen LogP contribution is -2.40. The quantitative estimate of drug-likeness (QED) is 0.473. The molecule has 4 rings (SSSR count). The number of amides is 2. The van der Waals surface area contributed by atoms with Gasteiger partial charge in [-0.3, -0.25) is 19.6 Å². The number of fused-ring (bicyclic) bond motifs is 1. The van der Waals surface area contributed by atoms with E-state index in [1.165, 1.54) is 6.20 Å². The van der Waals surface area contributed by atoms with Crippen molar-refractivity contribution in [2.75, 3.05) is 12.4 Å². The first kappa shape index (κ1) is 26.6. The van der Waals surface area contributed by atoms with Crippen LogP contribution in [0.2, 0.25) is 0 Å². The lowest BCUT2D eigenvalue weighted by Gasteiger charge is -2.13. The fourth-order valence-corrected chi connectivity index (χ4v) is 3.60. The van der Waals surface area contributed by atoms with Crippen LogP contribution in [0.3, 0.4) is 0 Å². The Morgan fingerprint density at radius 3 is 2.29 bits per heavy atom. The Bertz CT molecular complexity index is 1420. The molecule has 198 valence electrons. The standard InChI is InChI=1S/C24H17F6N5O3/c1-38-21-17(23(25,26)27)8-15(10-33-21)34-19(36)6-12-2-4-13(5-3-12)14-7-16-18(31-9-14)11-32-20(16)35-22(37)24(28,29)30/h2-5,7-10H,6,11H2,1H3,(H,34,36)(H,32,35,37). The first-order valence-electron chi connectivity index (χ1n) is 10.8. The van der Waals surface area contributed by atoms with Gasteiger partial charge in [0.05, 0.1) is 37.7 Å². The number of hydrogen-bond donors (Lipinski definition) is 2. The number of halogens is 6. The molecular weight excluding hydrogens is 520 g/mol. The number of carbonyl (C=O) groups excluding carboxylic acids is 2. The van der Waals surface area contributed by atoms with Crippen LogP contribution in [-0.4, -0.2) is 40.9 Å². The molecule has 0 spiro atoms. The van der Waals surface area contributed by atoms with Crippen molar-refractivity contribution in [1.82, 2.24) is 15.3 Å². The normalized spacial score (nSPS) is 13.0. The number of rotatable bonds is 5. The number of pyridine rings is 2. The number of benzene rings is 1. The molecule has 14 heteroatoms. The second-order valence-electron chi connectivity index (χ2n) is 8.04. The number of aliphatic imine (C=N–C) groups is 1. The highest BCUT2D eigenvalue weighted by Gasteiger charge is 2.40. The van der Waals surface area contributed by atoms with Gasteiger partial charge in [0, 0.05) is 17.3 Å². The maximum Gasteiger partial charge on any atom is 0.471 e. The lowest BCUT2D eigenvalue weighted by molar-refractivity contribution is -0.171. The molecule has 3 heterocycles. The molecule has 2 N–H and O–H groups in total. The van der Waals surface area contributed by atoms with E-state index in [0.29, 0.717) is 22.4 Å². The van der Waals surface area contributed by atoms with Gasteiger partial charge < -0.3 is 15.4 Å². The fourth-order valence-electron chi connectivity index (χ4n) is 3.60. The second kappa shape index (κ2) is 10.1. The molecule has 2 aromatic heterocycles. The summed E-state index contributed by atoms with van der Waals surface area (Å²) in [7, 11) is 1.05. The summed E-state index contributed by atoms with van der Waals surface area (Å²) in [6, 6.07) is 8.77. The number of ether oxygens (including phenoxy) is 1. The van der Waals surface area contributed by atoms with E-state index in [-0.39, 0.29) is 30.1 Å². The van der Waals surface area contributed by atoms with Crippen LogP contribution < -0.4 is 15.4 Å². The maximum atomic E-state index is 13.2. The minimum Gasteiger partial charge on any atom is -0.481 e. The van der Waals surface area contributed by atoms with Crippen LogP contribution in [0.15, 0.2) is 53.8 Å². The molecule has 1 aliphatic heterocycles. The Kier molecular flexibility index (Phi) is 7.07. The number of amidine groups is 1. The predicted molar refractivity (Wildman–Crippen MR) is 122 cm³/mol. The van der Waals surface area contributed by atoms with Gasteiger partial charge in [0.25, 0.3) is 0 Å². The first-order chi connectivity index (χ1) is 17.8. The largest absolute Gasteiger partial charge is 0.481 e. The minimum atomic E-state index is -5.07. The Labute approximate surface area is 210 Å². The fraction of sp³-hybridized carbons (Fsp3) is 0.208. The van der Waals surface area contributed by atoms with Crippen LogP contribution in [0.5, 0.6) is 5.88 Å². The van der Waals surface area contributed by atoms with Crippen molar-refractivity contribution in [2.45, 2.75) is 25.3 Å². The Balaban J connectivity index is 1.44. The van der Waals surface area contributed by atoms with Crippen LogP contribution in [0.4, 0.5) is 32.0 Å². The van der Waals surface area contributed by atoms with E-state index < -0.39 is 35.6 Å². The molecule has 0 bridgehead atoms. The molecular formula is C24H17F6N5O3. The monoisotopic (exact) mass is 537 g/mol. The first-order valence-corrected chi connectivity index (χ1v) is 10.8. The van der Waals surface area contributed by atoms with E-state index in [9.17, 15) is 35.9 Å². The molecule has 0 aliphatic carbocycles. The van der Waals surface area contributed by atoms with E-state index in [4.69, 9.17) is 0 Å². The molecule has 0 saturated heterocycles. The lowest BCUT2D eigenvalue weighted by atomic mass is 10.0. The van der Waals surface area contributed by atoms with Crippen LogP contribution in [0.25, 0.3) is 11.1 Å². The summed E-state index contributed by atoms with van der Waals surface area (Å²) >= 11 is 0. The van der Waals surface area contributed by atoms with Crippen molar-refractivity contribution < 1.29 is 40.7 Å². The zero-order valence-electron chi connectivity index (χ0n) is 19.4. The van der Waals surface area contributed by atoms with E-state index in [2.05, 4.69) is 25.0 Å². The molecule has 0 unspecified atom stereocenters. The molecule has 1 aromatic carbocycles. The van der Waals surface area contributed by atoms with Gasteiger partial charge in [0.15, 0.2) is 0 Å². The Morgan fingerprint density at radius 2 is 1.66 bits per heavy atom. The van der Waals surface area contributed by atoms with Gasteiger partial charge >= 0.3 is 18.3 Å². The summed E-state index contributed by atoms with van der Waals surface area (Å²) in [5, 5.41) is 4.12. The molecule has 2 amide bonds. The summed E-state index contributed by atoms with van der Waals surface area (Å²) in [4.78, 5) is 35.4. The number of aromatic nitrogens is 2. The second-order valence-corrected chi connectivity index (χ2v) is 8.04. The van der Waals surface area contributed by atoms with Gasteiger partial charge in [0.1, 0.15) is 11.4 Å². The summed E-state index contributed by atoms with van der Waals surface area (Å²) in [5.74, 6) is -3.57. The van der Waals surface area contributed by atoms with Crippen molar-refractivity contribution in [3.05, 3.63) is 71.2 Å². The number of carbonyl (C=O) groups is 2. The highest BCUT2D eigenvalue weighted by molar-refractivity contribution is 6.11. The molecule has 38 heavy (non-hydrogen) atoms. The SMILES string of the molecule is COc1ncc(NC(=O)Cc2ccc(-c3cnc4c(c3)C(NC(=O)C(F)(F)F)=NC4)cc2)cc1C(F)(F)F. The van der Waals surface area contributed by atoms with Crippen molar-refractivity contribution in [3.63, 3.8) is 0 Å². The number of alkyl halides is 6. The number of nitrogens with one attached hydrogen (secondary N) is 2. The third kappa shape index (κ3) is 5.90. The van der Waals surface area contributed by atoms with E-state index in [1.807, 2.05) is 0 Å². The van der Waals surface area contributed by atoms with Gasteiger partial charge in [-0.1, -0.05) is 24.3 Å². The van der Waals surface area contributed by atoms with Gasteiger partial charge in [0.2, 0.25) is 11.8 Å². The highest BCUT2D eigenvalue weighted by Crippen LogP contribution is 2.36. The van der Waals surface area contributed by atoms with Gasteiger partial charge in [-0.2, -0.15) is 26.3 Å². The van der Waals surface area contributed by atoms with Gasteiger partial charge in [-0.15, -0.1) is 0 Å². The topological polar surface area (TPSA) is 106 Å². The van der Waals surface area contributed by atoms with Crippen molar-refractivity contribution in [1.29, 1.82) is 0 Å². The molecule has 0 radical (unpaired) electrons. The van der Waals surface area contributed by atoms with Crippen LogP contribution in [0, 0.1) is 0 Å². The molecule has 1 aliphatic rings. The zero-order chi connectivity index (χ0) is 27.7. The maximum absolute atomic E-state index is 13.2. The molecule has 0 atom stereocenters. The molecule has 0 fully saturated rings. The van der Waals surface area contributed by atoms with Crippen molar-refractivity contribution in [2.24, 2.45) is 4.99 Å². The van der Waals surface area contributed by atoms with Gasteiger partial charge in [-0.25, -0.2) is 4.98 Å². The van der Waals surface area contributed by atoms with Gasteiger partial charge in [-0.05, 0) is 23.3 Å². The number of nitrogens with zero attached hydrogens (tertiary/aromatic N) is 3. The van der Waals surface area contributed by atoms with E-state index in [0.717, 1.165) is 19.4 Å². The van der Waals surface area contributed by atoms with Crippen molar-refractivity contribution >= 4 is 23.3 Å². The smallest absolute Gasteiger partial charge is 0.471 e. The van der Waals surface area contributed by atoms with Crippen LogP contribution in [0.1, 0.15) is 22.4 Å². The molecule has 8 nitrogen and oxygen atoms in total. The molecule has 3 aromatic rings. The van der Waals surface area contributed by atoms with E-state index >= 15 is 0 Å². The summed E-state index contributed by atoms with van der Waals surface area (Å²) in [6.07, 6.45) is -7.40. The minimum absolute atomic E-state index is 0.0192. The number of hydrogen-bond acceptors (Lipinski definition) is 6. The van der Waals surface area contributed by atoms with Crippen LogP contribution in [-0.2, 0) is 28.7 Å². The Morgan fingerprint density at radius 1 is 0.947 bits per heavy atom. The number of methoxy groups -OCH3 is 1. The Hall–Kier alpha value is -4.49. The van der Waals surface area contributed by atoms with E-state index in [1.54, 1.807) is 35.6 Å². The van der Waals surface area contributed by atoms with Crippen molar-refractivity contribution in [3.8, 4) is 17.0 Å². The average molecular weight is 537 g/mol. The zero-order valence-corrected chi connectivity index (χ0v) is 19.4. The summed E-state index contributed by atoms with van der Waals surface area (Å²) in [5.41, 5.74) is 1.07.